The third-order valence-corrected chi connectivity index (χ3v) is 2.99. The highest BCUT2D eigenvalue weighted by molar-refractivity contribution is 5.76. The van der Waals surface area contributed by atoms with Crippen molar-refractivity contribution in [3.63, 3.8) is 0 Å². The summed E-state index contributed by atoms with van der Waals surface area (Å²) in [6.07, 6.45) is -0.0363. The molecule has 1 aromatic carbocycles. The lowest BCUT2D eigenvalue weighted by Crippen LogP contribution is -2.41. The zero-order valence-corrected chi connectivity index (χ0v) is 14.0. The first kappa shape index (κ1) is 19.0. The molecule has 3 N–H and O–H groups in total. The van der Waals surface area contributed by atoms with Crippen molar-refractivity contribution >= 4 is 12.0 Å². The summed E-state index contributed by atoms with van der Waals surface area (Å²) in [4.78, 5) is 23.5. The van der Waals surface area contributed by atoms with Crippen LogP contribution in [0, 0.1) is 0 Å². The minimum Gasteiger partial charge on any atom is -0.444 e. The summed E-state index contributed by atoms with van der Waals surface area (Å²) in [5, 5.41) is 14.7. The molecule has 1 aromatic rings. The topological polar surface area (TPSA) is 87.7 Å². The molecule has 6 nitrogen and oxygen atoms in total. The Bertz CT molecular complexity index is 497. The summed E-state index contributed by atoms with van der Waals surface area (Å²) in [6.45, 7) is 5.50. The Kier molecular flexibility index (Phi) is 7.54. The number of rotatable bonds is 7. The molecule has 0 aliphatic rings. The van der Waals surface area contributed by atoms with Crippen LogP contribution in [-0.2, 0) is 16.1 Å². The number of hydrogen-bond acceptors (Lipinski definition) is 4. The third kappa shape index (κ3) is 8.83. The predicted octanol–water partition coefficient (Wildman–Crippen LogP) is 1.97. The van der Waals surface area contributed by atoms with E-state index < -0.39 is 17.7 Å². The van der Waals surface area contributed by atoms with E-state index in [2.05, 4.69) is 10.6 Å². The van der Waals surface area contributed by atoms with Crippen LogP contribution in [0.15, 0.2) is 30.3 Å². The molecule has 0 saturated carbocycles. The van der Waals surface area contributed by atoms with E-state index in [-0.39, 0.29) is 18.9 Å². The highest BCUT2D eigenvalue weighted by Crippen LogP contribution is 2.07. The van der Waals surface area contributed by atoms with E-state index in [1.165, 1.54) is 0 Å². The van der Waals surface area contributed by atoms with Crippen LogP contribution in [-0.4, -0.2) is 35.4 Å². The van der Waals surface area contributed by atoms with Gasteiger partial charge in [-0.05, 0) is 32.8 Å². The van der Waals surface area contributed by atoms with Gasteiger partial charge in [-0.1, -0.05) is 30.3 Å². The molecule has 0 unspecified atom stereocenters. The van der Waals surface area contributed by atoms with Crippen molar-refractivity contribution in [2.24, 2.45) is 0 Å². The van der Waals surface area contributed by atoms with Gasteiger partial charge in [0.25, 0.3) is 0 Å². The van der Waals surface area contributed by atoms with Gasteiger partial charge in [0.15, 0.2) is 0 Å². The lowest BCUT2D eigenvalue weighted by atomic mass is 10.1. The molecule has 0 heterocycles. The summed E-state index contributed by atoms with van der Waals surface area (Å²) in [5.74, 6) is -0.127. The molecule has 0 saturated heterocycles. The van der Waals surface area contributed by atoms with E-state index in [1.54, 1.807) is 20.8 Å². The zero-order chi connectivity index (χ0) is 17.3. The van der Waals surface area contributed by atoms with Gasteiger partial charge in [0.05, 0.1) is 12.6 Å². The van der Waals surface area contributed by atoms with Crippen molar-refractivity contribution in [1.82, 2.24) is 10.6 Å². The number of benzene rings is 1. The summed E-state index contributed by atoms with van der Waals surface area (Å²) >= 11 is 0. The molecule has 0 spiro atoms. The van der Waals surface area contributed by atoms with Crippen molar-refractivity contribution in [2.75, 3.05) is 6.61 Å². The summed E-state index contributed by atoms with van der Waals surface area (Å²) in [7, 11) is 0. The highest BCUT2D eigenvalue weighted by atomic mass is 16.6. The molecule has 0 fully saturated rings. The largest absolute Gasteiger partial charge is 0.444 e. The minimum absolute atomic E-state index is 0.127. The van der Waals surface area contributed by atoms with Crippen molar-refractivity contribution in [3.05, 3.63) is 35.9 Å². The van der Waals surface area contributed by atoms with E-state index in [0.717, 1.165) is 5.56 Å². The predicted molar refractivity (Wildman–Crippen MR) is 87.8 cm³/mol. The van der Waals surface area contributed by atoms with E-state index in [4.69, 9.17) is 4.74 Å². The van der Waals surface area contributed by atoms with Crippen LogP contribution in [0.2, 0.25) is 0 Å². The first-order chi connectivity index (χ1) is 10.8. The molecular formula is C17H26N2O4. The van der Waals surface area contributed by atoms with Gasteiger partial charge in [-0.2, -0.15) is 0 Å². The van der Waals surface area contributed by atoms with Crippen LogP contribution < -0.4 is 10.6 Å². The van der Waals surface area contributed by atoms with Crippen LogP contribution in [0.25, 0.3) is 0 Å². The Hall–Kier alpha value is -2.08. The van der Waals surface area contributed by atoms with Gasteiger partial charge < -0.3 is 20.5 Å². The average molecular weight is 322 g/mol. The Labute approximate surface area is 137 Å². The lowest BCUT2D eigenvalue weighted by Gasteiger charge is -2.22. The molecule has 0 aliphatic carbocycles. The van der Waals surface area contributed by atoms with Gasteiger partial charge in [0, 0.05) is 13.0 Å². The first-order valence-corrected chi connectivity index (χ1v) is 7.71. The number of alkyl carbamates (subject to hydrolysis) is 1. The third-order valence-electron chi connectivity index (χ3n) is 2.99. The fourth-order valence-electron chi connectivity index (χ4n) is 1.87. The average Bonchev–Trinajstić information content (AvgIpc) is 2.48. The Morgan fingerprint density at radius 1 is 1.22 bits per heavy atom. The van der Waals surface area contributed by atoms with Gasteiger partial charge in [-0.15, -0.1) is 0 Å². The molecule has 0 radical (unpaired) electrons. The molecule has 0 aliphatic heterocycles. The van der Waals surface area contributed by atoms with Crippen molar-refractivity contribution in [1.29, 1.82) is 0 Å². The summed E-state index contributed by atoms with van der Waals surface area (Å²) in [6, 6.07) is 9.09. The van der Waals surface area contributed by atoms with Crippen LogP contribution >= 0.6 is 0 Å². The second kappa shape index (κ2) is 9.15. The van der Waals surface area contributed by atoms with Gasteiger partial charge in [0.2, 0.25) is 5.91 Å². The maximum absolute atomic E-state index is 11.8. The molecular weight excluding hydrogens is 296 g/mol. The fraction of sp³-hybridized carbons (Fsp3) is 0.529. The number of aliphatic hydroxyl groups is 1. The maximum atomic E-state index is 11.8. The highest BCUT2D eigenvalue weighted by Gasteiger charge is 2.19. The Morgan fingerprint density at radius 3 is 2.43 bits per heavy atom. The van der Waals surface area contributed by atoms with E-state index in [9.17, 15) is 14.7 Å². The molecule has 0 bridgehead atoms. The normalized spacial score (nSPS) is 12.3. The van der Waals surface area contributed by atoms with Crippen LogP contribution in [0.5, 0.6) is 0 Å². The smallest absolute Gasteiger partial charge is 0.407 e. The van der Waals surface area contributed by atoms with Crippen LogP contribution in [0.4, 0.5) is 4.79 Å². The Balaban J connectivity index is 2.30. The monoisotopic (exact) mass is 322 g/mol. The van der Waals surface area contributed by atoms with Gasteiger partial charge in [0.1, 0.15) is 5.60 Å². The van der Waals surface area contributed by atoms with Crippen molar-refractivity contribution in [3.8, 4) is 0 Å². The van der Waals surface area contributed by atoms with Crippen LogP contribution in [0.1, 0.15) is 39.2 Å². The van der Waals surface area contributed by atoms with E-state index in [1.807, 2.05) is 30.3 Å². The van der Waals surface area contributed by atoms with Gasteiger partial charge in [-0.3, -0.25) is 4.79 Å². The second-order valence-electron chi connectivity index (χ2n) is 6.33. The first-order valence-electron chi connectivity index (χ1n) is 7.71. The van der Waals surface area contributed by atoms with Crippen molar-refractivity contribution in [2.45, 2.75) is 51.8 Å². The molecule has 1 rings (SSSR count). The zero-order valence-electron chi connectivity index (χ0n) is 14.0. The fourth-order valence-corrected chi connectivity index (χ4v) is 1.87. The molecule has 6 heteroatoms. The molecule has 1 atom stereocenters. The summed E-state index contributed by atoms with van der Waals surface area (Å²) < 4.78 is 5.12. The van der Waals surface area contributed by atoms with E-state index >= 15 is 0 Å². The van der Waals surface area contributed by atoms with Crippen LogP contribution in [0.3, 0.4) is 0 Å². The number of ether oxygens (including phenoxy) is 1. The number of carbonyl (C=O) groups excluding carboxylic acids is 2. The Morgan fingerprint density at radius 2 is 1.87 bits per heavy atom. The lowest BCUT2D eigenvalue weighted by molar-refractivity contribution is -0.121. The minimum atomic E-state index is -0.600. The maximum Gasteiger partial charge on any atom is 0.407 e. The van der Waals surface area contributed by atoms with Gasteiger partial charge in [-0.25, -0.2) is 4.79 Å². The molecule has 2 amide bonds. The molecule has 128 valence electrons. The molecule has 0 aromatic heterocycles. The standard InChI is InChI=1S/C17H26N2O4/c1-17(2,3)23-16(22)19-14(12-20)9-10-15(21)18-11-13-7-5-4-6-8-13/h4-8,14,20H,9-12H2,1-3H3,(H,18,21)(H,19,22)/t14-/m0/s1. The van der Waals surface area contributed by atoms with Crippen molar-refractivity contribution < 1.29 is 19.4 Å². The number of carbonyl (C=O) groups is 2. The number of amides is 2. The van der Waals surface area contributed by atoms with Gasteiger partial charge >= 0.3 is 6.09 Å². The van der Waals surface area contributed by atoms with E-state index in [0.29, 0.717) is 13.0 Å². The SMILES string of the molecule is CC(C)(C)OC(=O)N[C@H](CO)CCC(=O)NCc1ccccc1. The number of nitrogens with one attached hydrogen (secondary N) is 2. The number of hydrogen-bond donors (Lipinski definition) is 3. The quantitative estimate of drug-likeness (QED) is 0.716. The summed E-state index contributed by atoms with van der Waals surface area (Å²) in [5.41, 5.74) is 0.420. The number of aliphatic hydroxyl groups excluding tert-OH is 1. The molecule has 23 heavy (non-hydrogen) atoms. The second-order valence-corrected chi connectivity index (χ2v) is 6.33.